The van der Waals surface area contributed by atoms with Crippen LogP contribution in [0.25, 0.3) is 0 Å². The van der Waals surface area contributed by atoms with Gasteiger partial charge in [-0.25, -0.2) is 4.79 Å². The van der Waals surface area contributed by atoms with Crippen molar-refractivity contribution in [2.75, 3.05) is 13.1 Å². The molecule has 2 atom stereocenters. The van der Waals surface area contributed by atoms with Crippen LogP contribution in [0.4, 0.5) is 4.79 Å². The van der Waals surface area contributed by atoms with Crippen LogP contribution in [0.3, 0.4) is 0 Å². The van der Waals surface area contributed by atoms with Crippen molar-refractivity contribution in [3.63, 3.8) is 0 Å². The van der Waals surface area contributed by atoms with E-state index < -0.39 is 0 Å². The average molecular weight is 375 g/mol. The molecule has 1 heterocycles. The molecule has 134 valence electrons. The second-order valence-corrected chi connectivity index (χ2v) is 6.24. The summed E-state index contributed by atoms with van der Waals surface area (Å²) in [6.07, 6.45) is 1.83. The third-order valence-corrected chi connectivity index (χ3v) is 4.02. The molecule has 2 rings (SSSR count). The number of amides is 3. The molecule has 1 saturated heterocycles. The van der Waals surface area contributed by atoms with Crippen LogP contribution >= 0.6 is 24.0 Å². The lowest BCUT2D eigenvalue weighted by Crippen LogP contribution is -2.49. The van der Waals surface area contributed by atoms with E-state index in [9.17, 15) is 9.59 Å². The van der Waals surface area contributed by atoms with Gasteiger partial charge in [0.25, 0.3) is 0 Å². The van der Waals surface area contributed by atoms with E-state index in [4.69, 9.17) is 11.6 Å². The van der Waals surface area contributed by atoms with Gasteiger partial charge >= 0.3 is 6.03 Å². The summed E-state index contributed by atoms with van der Waals surface area (Å²) in [7, 11) is 0. The molecule has 6 nitrogen and oxygen atoms in total. The van der Waals surface area contributed by atoms with Crippen LogP contribution < -0.4 is 21.3 Å². The van der Waals surface area contributed by atoms with E-state index in [1.807, 2.05) is 12.1 Å². The van der Waals surface area contributed by atoms with Crippen LogP contribution in [-0.2, 0) is 11.3 Å². The quantitative estimate of drug-likeness (QED) is 0.634. The van der Waals surface area contributed by atoms with Crippen LogP contribution in [0, 0.1) is 0 Å². The summed E-state index contributed by atoms with van der Waals surface area (Å²) in [5.74, 6) is -0.161. The summed E-state index contributed by atoms with van der Waals surface area (Å²) in [5, 5.41) is 12.2. The highest BCUT2D eigenvalue weighted by molar-refractivity contribution is 6.30. The van der Waals surface area contributed by atoms with E-state index >= 15 is 0 Å². The molecule has 24 heavy (non-hydrogen) atoms. The first kappa shape index (κ1) is 20.5. The highest BCUT2D eigenvalue weighted by Crippen LogP contribution is 2.09. The third-order valence-electron chi connectivity index (χ3n) is 3.76. The largest absolute Gasteiger partial charge is 0.352 e. The summed E-state index contributed by atoms with van der Waals surface area (Å²) < 4.78 is 0. The Morgan fingerprint density at radius 3 is 2.62 bits per heavy atom. The normalized spacial score (nSPS) is 19.8. The Balaban J connectivity index is 0.00000288. The Morgan fingerprint density at radius 1 is 1.25 bits per heavy atom. The zero-order valence-corrected chi connectivity index (χ0v) is 15.2. The standard InChI is InChI=1S/C16H23ClN4O2.ClH/c1-11-8-14(6-7-18-11)21-15(22)10-20-16(23)19-9-12-2-4-13(17)5-3-12;/h2-5,11,14,18H,6-10H2,1H3,(H,21,22)(H2,19,20,23);1H. The fraction of sp³-hybridized carbons (Fsp3) is 0.500. The first-order valence-electron chi connectivity index (χ1n) is 7.82. The van der Waals surface area contributed by atoms with Gasteiger partial charge in [-0.2, -0.15) is 0 Å². The molecule has 4 N–H and O–H groups in total. The van der Waals surface area contributed by atoms with Gasteiger partial charge in [-0.05, 0) is 44.0 Å². The lowest BCUT2D eigenvalue weighted by molar-refractivity contribution is -0.121. The van der Waals surface area contributed by atoms with Crippen LogP contribution in [0.15, 0.2) is 24.3 Å². The molecule has 8 heteroatoms. The molecule has 0 aliphatic carbocycles. The molecule has 0 saturated carbocycles. The highest BCUT2D eigenvalue weighted by atomic mass is 35.5. The van der Waals surface area contributed by atoms with Crippen molar-refractivity contribution in [2.24, 2.45) is 0 Å². The molecule has 0 aromatic heterocycles. The number of rotatable bonds is 5. The molecule has 1 aromatic rings. The fourth-order valence-electron chi connectivity index (χ4n) is 2.55. The van der Waals surface area contributed by atoms with Crippen molar-refractivity contribution in [3.8, 4) is 0 Å². The van der Waals surface area contributed by atoms with E-state index in [2.05, 4.69) is 28.2 Å². The van der Waals surface area contributed by atoms with Gasteiger partial charge in [-0.1, -0.05) is 23.7 Å². The maximum Gasteiger partial charge on any atom is 0.315 e. The van der Waals surface area contributed by atoms with Gasteiger partial charge in [0.15, 0.2) is 0 Å². The summed E-state index contributed by atoms with van der Waals surface area (Å²) >= 11 is 5.80. The van der Waals surface area contributed by atoms with Crippen LogP contribution in [0.2, 0.25) is 5.02 Å². The van der Waals surface area contributed by atoms with Crippen molar-refractivity contribution < 1.29 is 9.59 Å². The molecule has 1 aliphatic rings. The van der Waals surface area contributed by atoms with Gasteiger partial charge in [0, 0.05) is 23.7 Å². The summed E-state index contributed by atoms with van der Waals surface area (Å²) in [4.78, 5) is 23.5. The Morgan fingerprint density at radius 2 is 1.96 bits per heavy atom. The number of nitrogens with one attached hydrogen (secondary N) is 4. The van der Waals surface area contributed by atoms with Gasteiger partial charge in [0.05, 0.1) is 6.54 Å². The van der Waals surface area contributed by atoms with Gasteiger partial charge < -0.3 is 21.3 Å². The monoisotopic (exact) mass is 374 g/mol. The predicted octanol–water partition coefficient (Wildman–Crippen LogP) is 1.82. The number of halogens is 2. The highest BCUT2D eigenvalue weighted by Gasteiger charge is 2.19. The third kappa shape index (κ3) is 7.38. The zero-order valence-electron chi connectivity index (χ0n) is 13.6. The molecule has 0 bridgehead atoms. The Hall–Kier alpha value is -1.50. The average Bonchev–Trinajstić information content (AvgIpc) is 2.52. The van der Waals surface area contributed by atoms with Crippen LogP contribution in [0.1, 0.15) is 25.3 Å². The van der Waals surface area contributed by atoms with E-state index in [0.717, 1.165) is 24.9 Å². The maximum atomic E-state index is 11.8. The molecule has 1 fully saturated rings. The summed E-state index contributed by atoms with van der Waals surface area (Å²) in [6.45, 7) is 3.36. The lowest BCUT2D eigenvalue weighted by Gasteiger charge is -2.28. The molecule has 0 spiro atoms. The Labute approximate surface area is 153 Å². The Bertz CT molecular complexity index is 539. The minimum Gasteiger partial charge on any atom is -0.352 e. The molecule has 0 radical (unpaired) electrons. The number of hydrogen-bond donors (Lipinski definition) is 4. The number of benzene rings is 1. The van der Waals surface area contributed by atoms with Crippen molar-refractivity contribution >= 4 is 35.9 Å². The van der Waals surface area contributed by atoms with Crippen molar-refractivity contribution in [1.29, 1.82) is 0 Å². The van der Waals surface area contributed by atoms with Gasteiger partial charge in [-0.3, -0.25) is 4.79 Å². The number of carbonyl (C=O) groups is 2. The number of urea groups is 1. The van der Waals surface area contributed by atoms with Crippen molar-refractivity contribution in [1.82, 2.24) is 21.3 Å². The lowest BCUT2D eigenvalue weighted by atomic mass is 10.0. The van der Waals surface area contributed by atoms with E-state index in [0.29, 0.717) is 17.6 Å². The Kier molecular flexibility index (Phi) is 8.89. The SMILES string of the molecule is CC1CC(NC(=O)CNC(=O)NCc2ccc(Cl)cc2)CCN1.Cl. The minimum absolute atomic E-state index is 0. The molecular formula is C16H24Cl2N4O2. The van der Waals surface area contributed by atoms with Crippen LogP contribution in [-0.4, -0.2) is 37.1 Å². The second-order valence-electron chi connectivity index (χ2n) is 5.81. The molecule has 1 aromatic carbocycles. The first-order chi connectivity index (χ1) is 11.0. The minimum atomic E-state index is -0.367. The molecule has 2 unspecified atom stereocenters. The zero-order chi connectivity index (χ0) is 16.7. The van der Waals surface area contributed by atoms with E-state index in [1.54, 1.807) is 12.1 Å². The van der Waals surface area contributed by atoms with Gasteiger partial charge in [0.1, 0.15) is 0 Å². The number of carbonyl (C=O) groups excluding carboxylic acids is 2. The van der Waals surface area contributed by atoms with Crippen molar-refractivity contribution in [3.05, 3.63) is 34.9 Å². The molecule has 3 amide bonds. The van der Waals surface area contributed by atoms with Gasteiger partial charge in [0.2, 0.25) is 5.91 Å². The summed E-state index contributed by atoms with van der Waals surface area (Å²) in [5.41, 5.74) is 0.942. The van der Waals surface area contributed by atoms with E-state index in [-0.39, 0.29) is 36.9 Å². The second kappa shape index (κ2) is 10.4. The summed E-state index contributed by atoms with van der Waals surface area (Å²) in [6, 6.07) is 7.44. The predicted molar refractivity (Wildman–Crippen MR) is 97.6 cm³/mol. The van der Waals surface area contributed by atoms with Crippen molar-refractivity contribution in [2.45, 2.75) is 38.4 Å². The van der Waals surface area contributed by atoms with Crippen LogP contribution in [0.5, 0.6) is 0 Å². The van der Waals surface area contributed by atoms with E-state index in [1.165, 1.54) is 0 Å². The molecule has 1 aliphatic heterocycles. The smallest absolute Gasteiger partial charge is 0.315 e. The maximum absolute atomic E-state index is 11.8. The number of hydrogen-bond acceptors (Lipinski definition) is 3. The van der Waals surface area contributed by atoms with Gasteiger partial charge in [-0.15, -0.1) is 12.4 Å². The fourth-order valence-corrected chi connectivity index (χ4v) is 2.68. The topological polar surface area (TPSA) is 82.3 Å². The first-order valence-corrected chi connectivity index (χ1v) is 8.19. The molecular weight excluding hydrogens is 351 g/mol. The number of piperidine rings is 1.